The highest BCUT2D eigenvalue weighted by Crippen LogP contribution is 2.63. The number of methoxy groups -OCH3 is 1. The molecule has 2 aliphatic heterocycles. The molecule has 4 heteroatoms. The largest absolute Gasteiger partial charge is 0.493 e. The highest BCUT2D eigenvalue weighted by atomic mass is 16.5. The van der Waals surface area contributed by atoms with Crippen molar-refractivity contribution in [3.8, 4) is 11.5 Å². The van der Waals surface area contributed by atoms with Gasteiger partial charge in [0, 0.05) is 17.0 Å². The van der Waals surface area contributed by atoms with E-state index in [0.29, 0.717) is 5.92 Å². The van der Waals surface area contributed by atoms with Crippen molar-refractivity contribution in [1.29, 1.82) is 0 Å². The van der Waals surface area contributed by atoms with E-state index >= 15 is 0 Å². The van der Waals surface area contributed by atoms with Crippen LogP contribution in [-0.4, -0.2) is 49.0 Å². The van der Waals surface area contributed by atoms with E-state index in [1.54, 1.807) is 7.11 Å². The minimum absolute atomic E-state index is 0.152. The van der Waals surface area contributed by atoms with Gasteiger partial charge in [-0.15, -0.1) is 0 Å². The Labute approximate surface area is 137 Å². The molecular formula is C19H25NO3. The van der Waals surface area contributed by atoms with Gasteiger partial charge in [-0.3, -0.25) is 0 Å². The molecular weight excluding hydrogens is 290 g/mol. The number of likely N-dealkylation sites (N-methyl/N-ethyl adjacent to an activating group) is 1. The van der Waals surface area contributed by atoms with Crippen LogP contribution in [0.1, 0.15) is 36.8 Å². The fourth-order valence-corrected chi connectivity index (χ4v) is 6.05. The summed E-state index contributed by atoms with van der Waals surface area (Å²) in [7, 11) is 3.88. The molecule has 4 atom stereocenters. The van der Waals surface area contributed by atoms with Crippen LogP contribution >= 0.6 is 0 Å². The molecule has 0 amide bonds. The predicted molar refractivity (Wildman–Crippen MR) is 87.2 cm³/mol. The number of hydrogen-bond donors (Lipinski definition) is 1. The van der Waals surface area contributed by atoms with Crippen LogP contribution in [0.3, 0.4) is 0 Å². The van der Waals surface area contributed by atoms with Gasteiger partial charge in [0.1, 0.15) is 0 Å². The Morgan fingerprint density at radius 1 is 1.35 bits per heavy atom. The maximum Gasteiger partial charge on any atom is 0.165 e. The number of likely N-dealkylation sites (tertiary alicyclic amines) is 1. The number of rotatable bonds is 1. The van der Waals surface area contributed by atoms with Gasteiger partial charge in [-0.1, -0.05) is 6.07 Å². The van der Waals surface area contributed by atoms with Crippen molar-refractivity contribution in [1.82, 2.24) is 4.90 Å². The summed E-state index contributed by atoms with van der Waals surface area (Å²) >= 11 is 0. The molecule has 2 aliphatic carbocycles. The van der Waals surface area contributed by atoms with Crippen LogP contribution < -0.4 is 9.47 Å². The van der Waals surface area contributed by atoms with E-state index in [-0.39, 0.29) is 11.5 Å². The standard InChI is InChI=1S/C19H25NO3/c1-20-8-7-18-10-12-5-6-19(18,21)15(20)9-13-3-4-14(22-2)17(16(13)18)23-11-12/h3-4,12,15,21H,5-11H2,1-2H3/t12?,15-,18-,19-/m1/s1. The average molecular weight is 315 g/mol. The first-order valence-corrected chi connectivity index (χ1v) is 8.85. The number of fused-ring (bicyclic) bond motifs is 1. The molecule has 2 fully saturated rings. The third kappa shape index (κ3) is 1.54. The Bertz CT molecular complexity index is 675. The monoisotopic (exact) mass is 315 g/mol. The zero-order chi connectivity index (χ0) is 15.8. The number of aliphatic hydroxyl groups is 1. The Balaban J connectivity index is 1.83. The first-order chi connectivity index (χ1) is 11.1. The lowest BCUT2D eigenvalue weighted by Crippen LogP contribution is -2.72. The van der Waals surface area contributed by atoms with Gasteiger partial charge >= 0.3 is 0 Å². The molecule has 2 heterocycles. The maximum absolute atomic E-state index is 11.9. The smallest absolute Gasteiger partial charge is 0.165 e. The van der Waals surface area contributed by atoms with E-state index in [2.05, 4.69) is 18.0 Å². The van der Waals surface area contributed by atoms with Crippen LogP contribution in [0.4, 0.5) is 0 Å². The van der Waals surface area contributed by atoms with Gasteiger partial charge in [-0.25, -0.2) is 0 Å². The summed E-state index contributed by atoms with van der Waals surface area (Å²) in [6.07, 6.45) is 4.94. The number of piperidine rings is 1. The van der Waals surface area contributed by atoms with Crippen molar-refractivity contribution >= 4 is 0 Å². The van der Waals surface area contributed by atoms with Gasteiger partial charge in [-0.2, -0.15) is 0 Å². The van der Waals surface area contributed by atoms with Crippen molar-refractivity contribution in [3.63, 3.8) is 0 Å². The van der Waals surface area contributed by atoms with Crippen molar-refractivity contribution < 1.29 is 14.6 Å². The summed E-state index contributed by atoms with van der Waals surface area (Å²) in [5.41, 5.74) is 1.84. The molecule has 124 valence electrons. The SMILES string of the molecule is COc1ccc2c3c1OCC1CC[C@@]4(O)[C@@H](C2)N(C)CC[C@@]34C1. The lowest BCUT2D eigenvalue weighted by atomic mass is 9.48. The van der Waals surface area contributed by atoms with Gasteiger partial charge < -0.3 is 19.5 Å². The molecule has 1 unspecified atom stereocenters. The number of ether oxygens (including phenoxy) is 2. The Hall–Kier alpha value is -1.26. The Morgan fingerprint density at radius 2 is 2.22 bits per heavy atom. The molecule has 1 spiro atoms. The normalized spacial score (nSPS) is 41.0. The number of benzene rings is 1. The van der Waals surface area contributed by atoms with Crippen molar-refractivity contribution in [3.05, 3.63) is 23.3 Å². The van der Waals surface area contributed by atoms with Crippen LogP contribution in [0.2, 0.25) is 0 Å². The molecule has 0 aromatic heterocycles. The van der Waals surface area contributed by atoms with Crippen LogP contribution in [0.15, 0.2) is 12.1 Å². The second kappa shape index (κ2) is 4.42. The fraction of sp³-hybridized carbons (Fsp3) is 0.684. The average Bonchev–Trinajstić information content (AvgIpc) is 2.70. The van der Waals surface area contributed by atoms with Gasteiger partial charge in [0.2, 0.25) is 0 Å². The third-order valence-corrected chi connectivity index (χ3v) is 7.16. The zero-order valence-electron chi connectivity index (χ0n) is 14.0. The maximum atomic E-state index is 11.9. The van der Waals surface area contributed by atoms with Crippen molar-refractivity contribution in [2.75, 3.05) is 27.3 Å². The second-order valence-electron chi connectivity index (χ2n) is 8.01. The van der Waals surface area contributed by atoms with Gasteiger partial charge in [-0.05, 0) is 63.2 Å². The van der Waals surface area contributed by atoms with Crippen molar-refractivity contribution in [2.24, 2.45) is 5.92 Å². The Kier molecular flexibility index (Phi) is 2.71. The topological polar surface area (TPSA) is 41.9 Å². The van der Waals surface area contributed by atoms with Crippen molar-refractivity contribution in [2.45, 2.75) is 49.2 Å². The zero-order valence-corrected chi connectivity index (χ0v) is 14.0. The van der Waals surface area contributed by atoms with E-state index in [1.807, 2.05) is 6.07 Å². The van der Waals surface area contributed by atoms with Crippen LogP contribution in [0.25, 0.3) is 0 Å². The predicted octanol–water partition coefficient (Wildman–Crippen LogP) is 2.12. The lowest BCUT2D eigenvalue weighted by molar-refractivity contribution is -0.167. The molecule has 1 aromatic carbocycles. The van der Waals surface area contributed by atoms with E-state index in [0.717, 1.165) is 56.8 Å². The molecule has 1 saturated carbocycles. The molecule has 1 saturated heterocycles. The minimum atomic E-state index is -0.627. The van der Waals surface area contributed by atoms with Crippen LogP contribution in [0, 0.1) is 5.92 Å². The minimum Gasteiger partial charge on any atom is -0.493 e. The molecule has 4 nitrogen and oxygen atoms in total. The first-order valence-electron chi connectivity index (χ1n) is 8.85. The summed E-state index contributed by atoms with van der Waals surface area (Å²) < 4.78 is 11.9. The van der Waals surface area contributed by atoms with Gasteiger partial charge in [0.25, 0.3) is 0 Å². The van der Waals surface area contributed by atoms with E-state index < -0.39 is 5.60 Å². The lowest BCUT2D eigenvalue weighted by Gasteiger charge is -2.63. The van der Waals surface area contributed by atoms with E-state index in [9.17, 15) is 5.11 Å². The van der Waals surface area contributed by atoms with Crippen LogP contribution in [0.5, 0.6) is 11.5 Å². The number of hydrogen-bond acceptors (Lipinski definition) is 4. The van der Waals surface area contributed by atoms with Gasteiger partial charge in [0.15, 0.2) is 11.5 Å². The number of nitrogens with zero attached hydrogens (tertiary/aromatic N) is 1. The molecule has 5 rings (SSSR count). The summed E-state index contributed by atoms with van der Waals surface area (Å²) in [5, 5.41) is 11.9. The summed E-state index contributed by atoms with van der Waals surface area (Å²) in [5.74, 6) is 2.28. The molecule has 1 aromatic rings. The molecule has 4 aliphatic rings. The first kappa shape index (κ1) is 14.1. The third-order valence-electron chi connectivity index (χ3n) is 7.16. The highest BCUT2D eigenvalue weighted by Gasteiger charge is 2.65. The van der Waals surface area contributed by atoms with Crippen LogP contribution in [-0.2, 0) is 11.8 Å². The summed E-state index contributed by atoms with van der Waals surface area (Å²) in [4.78, 5) is 2.38. The molecule has 0 radical (unpaired) electrons. The second-order valence-corrected chi connectivity index (χ2v) is 8.01. The summed E-state index contributed by atoms with van der Waals surface area (Å²) in [6.45, 7) is 1.81. The van der Waals surface area contributed by atoms with Gasteiger partial charge in [0.05, 0.1) is 19.3 Å². The van der Waals surface area contributed by atoms with E-state index in [1.165, 1.54) is 11.1 Å². The molecule has 23 heavy (non-hydrogen) atoms. The highest BCUT2D eigenvalue weighted by molar-refractivity contribution is 5.59. The molecule has 1 N–H and O–H groups in total. The Morgan fingerprint density at radius 3 is 3.04 bits per heavy atom. The van der Waals surface area contributed by atoms with E-state index in [4.69, 9.17) is 9.47 Å². The summed E-state index contributed by atoms with van der Waals surface area (Å²) in [6, 6.07) is 4.47. The quantitative estimate of drug-likeness (QED) is 0.862. The fourth-order valence-electron chi connectivity index (χ4n) is 6.05. The molecule has 3 bridgehead atoms.